The fourth-order valence-electron chi connectivity index (χ4n) is 1.74. The number of carboxylic acids is 1. The predicted octanol–water partition coefficient (Wildman–Crippen LogP) is 0.890. The second-order valence-electron chi connectivity index (χ2n) is 4.57. The summed E-state index contributed by atoms with van der Waals surface area (Å²) in [6, 6.07) is 4.86. The topological polar surface area (TPSA) is 94.3 Å². The quantitative estimate of drug-likeness (QED) is 0.847. The van der Waals surface area contributed by atoms with Gasteiger partial charge in [-0.05, 0) is 30.9 Å². The molecule has 1 heterocycles. The number of aliphatic carboxylic acids is 1. The molecule has 1 aliphatic carbocycles. The molecule has 0 saturated heterocycles. The molecule has 1 saturated carbocycles. The van der Waals surface area contributed by atoms with Crippen LogP contribution in [0.2, 0.25) is 0 Å². The lowest BCUT2D eigenvalue weighted by atomic mass is 10.2. The van der Waals surface area contributed by atoms with Crippen LogP contribution in [0.15, 0.2) is 18.3 Å². The minimum Gasteiger partial charge on any atom is -0.480 e. The Balaban J connectivity index is 2.12. The van der Waals surface area contributed by atoms with Gasteiger partial charge in [-0.2, -0.15) is 5.26 Å². The Morgan fingerprint density at radius 2 is 2.21 bits per heavy atom. The van der Waals surface area contributed by atoms with Crippen LogP contribution in [0.4, 0.5) is 0 Å². The summed E-state index contributed by atoms with van der Waals surface area (Å²) >= 11 is 0. The van der Waals surface area contributed by atoms with Crippen molar-refractivity contribution < 1.29 is 14.7 Å². The summed E-state index contributed by atoms with van der Waals surface area (Å²) in [7, 11) is 0. The molecule has 0 unspecified atom stereocenters. The molecule has 1 fully saturated rings. The number of rotatable bonds is 5. The van der Waals surface area contributed by atoms with Crippen molar-refractivity contribution in [3.63, 3.8) is 0 Å². The summed E-state index contributed by atoms with van der Waals surface area (Å²) in [5, 5.41) is 17.5. The van der Waals surface area contributed by atoms with Gasteiger partial charge in [0, 0.05) is 12.7 Å². The number of carboxylic acid groups (broad SMARTS) is 1. The molecule has 1 N–H and O–H groups in total. The molecule has 2 rings (SSSR count). The summed E-state index contributed by atoms with van der Waals surface area (Å²) in [4.78, 5) is 28.1. The van der Waals surface area contributed by atoms with Gasteiger partial charge in [0.05, 0.1) is 5.56 Å². The average Bonchev–Trinajstić information content (AvgIpc) is 3.21. The zero-order valence-corrected chi connectivity index (χ0v) is 10.2. The first kappa shape index (κ1) is 13.0. The van der Waals surface area contributed by atoms with E-state index in [-0.39, 0.29) is 12.2 Å². The van der Waals surface area contributed by atoms with Gasteiger partial charge in [-0.1, -0.05) is 0 Å². The molecule has 1 aromatic heterocycles. The van der Waals surface area contributed by atoms with Crippen molar-refractivity contribution in [3.05, 3.63) is 29.6 Å². The lowest BCUT2D eigenvalue weighted by Gasteiger charge is -2.19. The lowest BCUT2D eigenvalue weighted by molar-refractivity contribution is -0.137. The van der Waals surface area contributed by atoms with Crippen LogP contribution >= 0.6 is 0 Å². The van der Waals surface area contributed by atoms with E-state index in [1.165, 1.54) is 23.2 Å². The normalized spacial score (nSPS) is 13.6. The van der Waals surface area contributed by atoms with Crippen molar-refractivity contribution in [2.24, 2.45) is 5.92 Å². The molecule has 0 radical (unpaired) electrons. The van der Waals surface area contributed by atoms with E-state index in [1.807, 2.05) is 6.07 Å². The van der Waals surface area contributed by atoms with E-state index in [0.29, 0.717) is 18.0 Å². The van der Waals surface area contributed by atoms with Gasteiger partial charge < -0.3 is 10.0 Å². The molecule has 19 heavy (non-hydrogen) atoms. The van der Waals surface area contributed by atoms with E-state index in [4.69, 9.17) is 10.4 Å². The van der Waals surface area contributed by atoms with Crippen LogP contribution in [0.5, 0.6) is 0 Å². The number of amides is 1. The fraction of sp³-hybridized carbons (Fsp3) is 0.385. The zero-order chi connectivity index (χ0) is 13.8. The minimum absolute atomic E-state index is 0.168. The maximum atomic E-state index is 12.2. The fourth-order valence-corrected chi connectivity index (χ4v) is 1.74. The largest absolute Gasteiger partial charge is 0.480 e. The summed E-state index contributed by atoms with van der Waals surface area (Å²) in [5.74, 6) is -1.04. The molecule has 0 spiro atoms. The molecule has 1 aromatic rings. The van der Waals surface area contributed by atoms with Crippen LogP contribution in [-0.2, 0) is 4.79 Å². The highest BCUT2D eigenvalue weighted by atomic mass is 16.4. The average molecular weight is 259 g/mol. The van der Waals surface area contributed by atoms with Crippen molar-refractivity contribution in [2.75, 3.05) is 13.1 Å². The highest BCUT2D eigenvalue weighted by molar-refractivity contribution is 5.94. The molecule has 0 aromatic carbocycles. The van der Waals surface area contributed by atoms with E-state index >= 15 is 0 Å². The number of pyridine rings is 1. The molecule has 6 heteroatoms. The second kappa shape index (κ2) is 5.48. The van der Waals surface area contributed by atoms with Crippen molar-refractivity contribution in [3.8, 4) is 6.07 Å². The van der Waals surface area contributed by atoms with Crippen molar-refractivity contribution >= 4 is 11.9 Å². The number of carbonyl (C=O) groups excluding carboxylic acids is 1. The van der Waals surface area contributed by atoms with Crippen LogP contribution in [0.25, 0.3) is 0 Å². The van der Waals surface area contributed by atoms with Crippen LogP contribution in [0.1, 0.15) is 28.9 Å². The Morgan fingerprint density at radius 1 is 1.47 bits per heavy atom. The molecule has 1 amide bonds. The molecular formula is C13H13N3O3. The second-order valence-corrected chi connectivity index (χ2v) is 4.57. The number of hydrogen-bond acceptors (Lipinski definition) is 4. The first-order valence-corrected chi connectivity index (χ1v) is 5.97. The standard InChI is InChI=1S/C13H13N3O3/c14-5-10-3-4-11(15-6-10)13(19)16(8-12(17)18)7-9-1-2-9/h3-4,6,9H,1-2,7-8H2,(H,17,18). The molecule has 98 valence electrons. The van der Waals surface area contributed by atoms with Crippen LogP contribution < -0.4 is 0 Å². The smallest absolute Gasteiger partial charge is 0.323 e. The van der Waals surface area contributed by atoms with Gasteiger partial charge in [0.25, 0.3) is 5.91 Å². The molecular weight excluding hydrogens is 246 g/mol. The molecule has 0 bridgehead atoms. The third kappa shape index (κ3) is 3.52. The number of carbonyl (C=O) groups is 2. The van der Waals surface area contributed by atoms with Gasteiger partial charge >= 0.3 is 5.97 Å². The number of nitrogens with zero attached hydrogens (tertiary/aromatic N) is 3. The molecule has 0 aliphatic heterocycles. The van der Waals surface area contributed by atoms with Crippen LogP contribution in [0, 0.1) is 17.2 Å². The van der Waals surface area contributed by atoms with Crippen LogP contribution in [0.3, 0.4) is 0 Å². The van der Waals surface area contributed by atoms with Crippen molar-refractivity contribution in [2.45, 2.75) is 12.8 Å². The van der Waals surface area contributed by atoms with E-state index in [1.54, 1.807) is 0 Å². The molecule has 0 atom stereocenters. The molecule has 1 aliphatic rings. The first-order valence-electron chi connectivity index (χ1n) is 5.97. The lowest BCUT2D eigenvalue weighted by Crippen LogP contribution is -2.37. The highest BCUT2D eigenvalue weighted by Gasteiger charge is 2.28. The maximum absolute atomic E-state index is 12.2. The number of hydrogen-bond donors (Lipinski definition) is 1. The van der Waals surface area contributed by atoms with Gasteiger partial charge in [0.15, 0.2) is 0 Å². The summed E-state index contributed by atoms with van der Waals surface area (Å²) in [5.41, 5.74) is 0.532. The van der Waals surface area contributed by atoms with Crippen LogP contribution in [-0.4, -0.2) is 40.0 Å². The Morgan fingerprint density at radius 3 is 2.68 bits per heavy atom. The van der Waals surface area contributed by atoms with E-state index < -0.39 is 11.9 Å². The zero-order valence-electron chi connectivity index (χ0n) is 10.2. The third-order valence-electron chi connectivity index (χ3n) is 2.90. The van der Waals surface area contributed by atoms with Gasteiger partial charge in [0.1, 0.15) is 18.3 Å². The van der Waals surface area contributed by atoms with E-state index in [9.17, 15) is 9.59 Å². The van der Waals surface area contributed by atoms with Gasteiger partial charge in [-0.25, -0.2) is 4.98 Å². The first-order chi connectivity index (χ1) is 9.10. The summed E-state index contributed by atoms with van der Waals surface area (Å²) < 4.78 is 0. The Kier molecular flexibility index (Phi) is 3.76. The maximum Gasteiger partial charge on any atom is 0.323 e. The monoisotopic (exact) mass is 259 g/mol. The number of aromatic nitrogens is 1. The van der Waals surface area contributed by atoms with Gasteiger partial charge in [-0.15, -0.1) is 0 Å². The third-order valence-corrected chi connectivity index (χ3v) is 2.90. The van der Waals surface area contributed by atoms with E-state index in [2.05, 4.69) is 4.98 Å². The Hall–Kier alpha value is -2.42. The number of nitriles is 1. The Bertz CT molecular complexity index is 529. The summed E-state index contributed by atoms with van der Waals surface area (Å²) in [6.45, 7) is 0.129. The Labute approximate surface area is 110 Å². The summed E-state index contributed by atoms with van der Waals surface area (Å²) in [6.07, 6.45) is 3.37. The van der Waals surface area contributed by atoms with Gasteiger partial charge in [0.2, 0.25) is 0 Å². The molecule has 6 nitrogen and oxygen atoms in total. The van der Waals surface area contributed by atoms with Gasteiger partial charge in [-0.3, -0.25) is 9.59 Å². The highest BCUT2D eigenvalue weighted by Crippen LogP contribution is 2.30. The predicted molar refractivity (Wildman–Crippen MR) is 65.2 cm³/mol. The van der Waals surface area contributed by atoms with Crippen molar-refractivity contribution in [1.82, 2.24) is 9.88 Å². The van der Waals surface area contributed by atoms with E-state index in [0.717, 1.165) is 12.8 Å². The SMILES string of the molecule is N#Cc1ccc(C(=O)N(CC(=O)O)CC2CC2)nc1. The minimum atomic E-state index is -1.04. The van der Waals surface area contributed by atoms with Crippen molar-refractivity contribution in [1.29, 1.82) is 5.26 Å².